The molecule has 7 nitrogen and oxygen atoms in total. The monoisotopic (exact) mass is 200 g/mol. The predicted octanol–water partition coefficient (Wildman–Crippen LogP) is 0.698. The molecule has 0 aliphatic heterocycles. The molecule has 76 valence electrons. The van der Waals surface area contributed by atoms with Crippen LogP contribution in [0.25, 0.3) is 0 Å². The third-order valence-corrected chi connectivity index (χ3v) is 1.58. The number of carboxylic acid groups (broad SMARTS) is 1. The molecule has 0 aliphatic rings. The van der Waals surface area contributed by atoms with E-state index in [1.165, 1.54) is 7.11 Å². The molecule has 0 atom stereocenters. The molecule has 1 heterocycles. The van der Waals surface area contributed by atoms with E-state index in [1.54, 1.807) is 0 Å². The lowest BCUT2D eigenvalue weighted by atomic mass is 10.4. The third kappa shape index (κ3) is 1.88. The summed E-state index contributed by atoms with van der Waals surface area (Å²) in [5.41, 5.74) is -0.432. The first-order chi connectivity index (χ1) is 6.56. The topological polar surface area (TPSA) is 94.6 Å². The zero-order valence-electron chi connectivity index (χ0n) is 7.34. The zero-order valence-corrected chi connectivity index (χ0v) is 7.34. The van der Waals surface area contributed by atoms with Crippen LogP contribution in [0, 0.1) is 10.1 Å². The fourth-order valence-corrected chi connectivity index (χ4v) is 1.02. The highest BCUT2D eigenvalue weighted by molar-refractivity contribution is 5.86. The van der Waals surface area contributed by atoms with Gasteiger partial charge >= 0.3 is 5.97 Å². The Morgan fingerprint density at radius 2 is 2.43 bits per heavy atom. The van der Waals surface area contributed by atoms with Crippen molar-refractivity contribution >= 4 is 11.7 Å². The van der Waals surface area contributed by atoms with E-state index in [-0.39, 0.29) is 18.1 Å². The number of carboxylic acids is 1. The molecular formula is C7H8N2O5. The van der Waals surface area contributed by atoms with Gasteiger partial charge in [0.25, 0.3) is 5.69 Å². The van der Waals surface area contributed by atoms with Crippen LogP contribution < -0.4 is 0 Å². The van der Waals surface area contributed by atoms with Gasteiger partial charge in [0, 0.05) is 13.2 Å². The molecule has 0 spiro atoms. The van der Waals surface area contributed by atoms with Crippen molar-refractivity contribution in [3.8, 4) is 0 Å². The Hall–Kier alpha value is -1.89. The number of carbonyl (C=O) groups is 1. The third-order valence-electron chi connectivity index (χ3n) is 1.58. The first-order valence-electron chi connectivity index (χ1n) is 3.63. The zero-order chi connectivity index (χ0) is 10.7. The second-order valence-electron chi connectivity index (χ2n) is 2.53. The van der Waals surface area contributed by atoms with Crippen LogP contribution in [-0.4, -0.2) is 27.7 Å². The molecule has 1 aromatic heterocycles. The molecule has 1 rings (SSSR count). The summed E-state index contributed by atoms with van der Waals surface area (Å²) >= 11 is 0. The van der Waals surface area contributed by atoms with Crippen LogP contribution in [-0.2, 0) is 11.5 Å². The lowest BCUT2D eigenvalue weighted by Gasteiger charge is -2.01. The van der Waals surface area contributed by atoms with E-state index in [0.29, 0.717) is 0 Å². The van der Waals surface area contributed by atoms with E-state index in [1.807, 2.05) is 0 Å². The van der Waals surface area contributed by atoms with Crippen molar-refractivity contribution in [2.24, 2.45) is 0 Å². The second kappa shape index (κ2) is 3.88. The van der Waals surface area contributed by atoms with Crippen LogP contribution >= 0.6 is 0 Å². The molecule has 7 heteroatoms. The molecule has 0 saturated carbocycles. The Morgan fingerprint density at radius 3 is 2.86 bits per heavy atom. The Kier molecular flexibility index (Phi) is 2.82. The van der Waals surface area contributed by atoms with Crippen molar-refractivity contribution in [3.05, 3.63) is 28.1 Å². The molecule has 0 unspecified atom stereocenters. The van der Waals surface area contributed by atoms with Gasteiger partial charge in [0.05, 0.1) is 11.1 Å². The molecule has 1 N–H and O–H groups in total. The van der Waals surface area contributed by atoms with Gasteiger partial charge in [-0.1, -0.05) is 0 Å². The van der Waals surface area contributed by atoms with Crippen molar-refractivity contribution in [3.63, 3.8) is 0 Å². The Labute approximate surface area is 78.7 Å². The maximum atomic E-state index is 10.6. The number of ether oxygens (including phenoxy) is 1. The number of hydrogen-bond donors (Lipinski definition) is 1. The van der Waals surface area contributed by atoms with Crippen LogP contribution in [0.5, 0.6) is 0 Å². The van der Waals surface area contributed by atoms with Gasteiger partial charge in [-0.15, -0.1) is 0 Å². The average Bonchev–Trinajstić information content (AvgIpc) is 2.49. The fourth-order valence-electron chi connectivity index (χ4n) is 1.02. The Morgan fingerprint density at radius 1 is 1.79 bits per heavy atom. The van der Waals surface area contributed by atoms with Gasteiger partial charge in [-0.25, -0.2) is 4.79 Å². The van der Waals surface area contributed by atoms with E-state index in [2.05, 4.69) is 4.74 Å². The minimum absolute atomic E-state index is 0.0323. The quantitative estimate of drug-likeness (QED) is 0.570. The number of aromatic carboxylic acids is 1. The highest BCUT2D eigenvalue weighted by Gasteiger charge is 2.18. The smallest absolute Gasteiger partial charge is 0.352 e. The summed E-state index contributed by atoms with van der Waals surface area (Å²) in [5, 5.41) is 19.0. The lowest BCUT2D eigenvalue weighted by Crippen LogP contribution is -2.08. The number of hydrogen-bond acceptors (Lipinski definition) is 4. The summed E-state index contributed by atoms with van der Waals surface area (Å²) in [6.07, 6.45) is 1.12. The van der Waals surface area contributed by atoms with Gasteiger partial charge in [0.1, 0.15) is 12.4 Å². The van der Waals surface area contributed by atoms with Crippen molar-refractivity contribution in [1.29, 1.82) is 0 Å². The van der Waals surface area contributed by atoms with E-state index >= 15 is 0 Å². The van der Waals surface area contributed by atoms with Crippen molar-refractivity contribution < 1.29 is 19.6 Å². The number of aromatic nitrogens is 1. The first kappa shape index (κ1) is 10.2. The summed E-state index contributed by atoms with van der Waals surface area (Å²) in [6.45, 7) is -0.0323. The standard InChI is InChI=1S/C7H8N2O5/c1-14-4-8-3-5(9(12)13)2-6(8)7(10)11/h2-3H,4H2,1H3,(H,10,11). The summed E-state index contributed by atoms with van der Waals surface area (Å²) < 4.78 is 5.84. The molecule has 0 aromatic carbocycles. The highest BCUT2D eigenvalue weighted by atomic mass is 16.6. The van der Waals surface area contributed by atoms with Gasteiger partial charge in [-0.2, -0.15) is 0 Å². The Bertz CT molecular complexity index is 370. The molecule has 14 heavy (non-hydrogen) atoms. The SMILES string of the molecule is COCn1cc([N+](=O)[O-])cc1C(=O)O. The molecule has 0 radical (unpaired) electrons. The van der Waals surface area contributed by atoms with Crippen molar-refractivity contribution in [2.75, 3.05) is 7.11 Å². The highest BCUT2D eigenvalue weighted by Crippen LogP contribution is 2.16. The van der Waals surface area contributed by atoms with E-state index in [4.69, 9.17) is 5.11 Å². The molecule has 0 fully saturated rings. The fraction of sp³-hybridized carbons (Fsp3) is 0.286. The molecule has 0 amide bonds. The largest absolute Gasteiger partial charge is 0.477 e. The number of rotatable bonds is 4. The van der Waals surface area contributed by atoms with Gasteiger partial charge in [0.15, 0.2) is 0 Å². The predicted molar refractivity (Wildman–Crippen MR) is 45.1 cm³/mol. The van der Waals surface area contributed by atoms with Gasteiger partial charge in [-0.05, 0) is 0 Å². The van der Waals surface area contributed by atoms with Crippen LogP contribution in [0.15, 0.2) is 12.3 Å². The molecule has 1 aromatic rings. The van der Waals surface area contributed by atoms with Crippen LogP contribution in [0.1, 0.15) is 10.5 Å². The summed E-state index contributed by atoms with van der Waals surface area (Å²) in [6, 6.07) is 0.987. The average molecular weight is 200 g/mol. The molecular weight excluding hydrogens is 192 g/mol. The maximum Gasteiger partial charge on any atom is 0.352 e. The number of methoxy groups -OCH3 is 1. The van der Waals surface area contributed by atoms with E-state index in [0.717, 1.165) is 16.8 Å². The maximum absolute atomic E-state index is 10.6. The minimum Gasteiger partial charge on any atom is -0.477 e. The van der Waals surface area contributed by atoms with Gasteiger partial charge in [0.2, 0.25) is 0 Å². The molecule has 0 saturated heterocycles. The minimum atomic E-state index is -1.23. The van der Waals surface area contributed by atoms with E-state index < -0.39 is 10.9 Å². The summed E-state index contributed by atoms with van der Waals surface area (Å²) in [5.74, 6) is -1.23. The van der Waals surface area contributed by atoms with Crippen LogP contribution in [0.4, 0.5) is 5.69 Å². The lowest BCUT2D eigenvalue weighted by molar-refractivity contribution is -0.384. The van der Waals surface area contributed by atoms with Crippen LogP contribution in [0.3, 0.4) is 0 Å². The summed E-state index contributed by atoms with van der Waals surface area (Å²) in [7, 11) is 1.37. The van der Waals surface area contributed by atoms with Crippen LogP contribution in [0.2, 0.25) is 0 Å². The first-order valence-corrected chi connectivity index (χ1v) is 3.63. The Balaban J connectivity index is 3.12. The normalized spacial score (nSPS) is 10.1. The van der Waals surface area contributed by atoms with Gasteiger partial charge in [-0.3, -0.25) is 10.1 Å². The molecule has 0 bridgehead atoms. The number of nitrogens with zero attached hydrogens (tertiary/aromatic N) is 2. The second-order valence-corrected chi connectivity index (χ2v) is 2.53. The van der Waals surface area contributed by atoms with Crippen molar-refractivity contribution in [2.45, 2.75) is 6.73 Å². The van der Waals surface area contributed by atoms with Crippen molar-refractivity contribution in [1.82, 2.24) is 4.57 Å². The number of nitro groups is 1. The summed E-state index contributed by atoms with van der Waals surface area (Å²) in [4.78, 5) is 20.3. The molecule has 0 aliphatic carbocycles. The van der Waals surface area contributed by atoms with Gasteiger partial charge < -0.3 is 14.4 Å². The van der Waals surface area contributed by atoms with E-state index in [9.17, 15) is 14.9 Å².